The van der Waals surface area contributed by atoms with Gasteiger partial charge < -0.3 is 14.6 Å². The standard InChI is InChI=1S/C13H16O3/c1-10-12(14)7-8-13(16-10)15-9-11-5-3-2-4-6-11/h2-8,10,12-14H,9H2,1H3/t10-,12+,13+/m1/s1. The van der Waals surface area contributed by atoms with E-state index in [4.69, 9.17) is 9.47 Å². The van der Waals surface area contributed by atoms with Gasteiger partial charge in [0.25, 0.3) is 0 Å². The average Bonchev–Trinajstić information content (AvgIpc) is 2.32. The topological polar surface area (TPSA) is 38.7 Å². The van der Waals surface area contributed by atoms with Gasteiger partial charge in [-0.25, -0.2) is 0 Å². The van der Waals surface area contributed by atoms with Gasteiger partial charge >= 0.3 is 0 Å². The molecule has 0 saturated heterocycles. The highest BCUT2D eigenvalue weighted by Gasteiger charge is 2.21. The van der Waals surface area contributed by atoms with Gasteiger partial charge in [-0.3, -0.25) is 0 Å². The molecule has 1 aromatic rings. The molecule has 0 aliphatic carbocycles. The van der Waals surface area contributed by atoms with Gasteiger partial charge in [-0.1, -0.05) is 36.4 Å². The van der Waals surface area contributed by atoms with Crippen LogP contribution < -0.4 is 0 Å². The van der Waals surface area contributed by atoms with Crippen LogP contribution in [0.25, 0.3) is 0 Å². The maximum atomic E-state index is 9.41. The number of aliphatic hydroxyl groups excluding tert-OH is 1. The number of rotatable bonds is 3. The third-order valence-electron chi connectivity index (χ3n) is 2.55. The number of benzene rings is 1. The summed E-state index contributed by atoms with van der Waals surface area (Å²) in [5.74, 6) is 0. The maximum Gasteiger partial charge on any atom is 0.177 e. The van der Waals surface area contributed by atoms with E-state index in [2.05, 4.69) is 0 Å². The van der Waals surface area contributed by atoms with Crippen LogP contribution in [0.15, 0.2) is 42.5 Å². The Labute approximate surface area is 95.3 Å². The molecule has 0 spiro atoms. The smallest absolute Gasteiger partial charge is 0.177 e. The molecule has 0 fully saturated rings. The van der Waals surface area contributed by atoms with Crippen LogP contribution in [0, 0.1) is 0 Å². The second-order valence-corrected chi connectivity index (χ2v) is 3.88. The molecule has 0 aromatic heterocycles. The fourth-order valence-electron chi connectivity index (χ4n) is 1.55. The van der Waals surface area contributed by atoms with Crippen molar-refractivity contribution in [3.05, 3.63) is 48.0 Å². The van der Waals surface area contributed by atoms with Crippen LogP contribution in [0.5, 0.6) is 0 Å². The fourth-order valence-corrected chi connectivity index (χ4v) is 1.55. The first-order valence-electron chi connectivity index (χ1n) is 5.43. The minimum Gasteiger partial charge on any atom is -0.386 e. The molecule has 0 saturated carbocycles. The molecule has 16 heavy (non-hydrogen) atoms. The molecule has 3 heteroatoms. The molecule has 0 radical (unpaired) electrons. The lowest BCUT2D eigenvalue weighted by Crippen LogP contribution is -2.33. The van der Waals surface area contributed by atoms with Crippen molar-refractivity contribution in [2.45, 2.75) is 32.0 Å². The van der Waals surface area contributed by atoms with Crippen LogP contribution in [0.2, 0.25) is 0 Å². The summed E-state index contributed by atoms with van der Waals surface area (Å²) in [5, 5.41) is 9.41. The Hall–Kier alpha value is -1.16. The second kappa shape index (κ2) is 5.25. The third-order valence-corrected chi connectivity index (χ3v) is 2.55. The van der Waals surface area contributed by atoms with Gasteiger partial charge in [0.15, 0.2) is 6.29 Å². The third kappa shape index (κ3) is 2.92. The minimum atomic E-state index is -0.531. The summed E-state index contributed by atoms with van der Waals surface area (Å²) in [6.07, 6.45) is 2.35. The Morgan fingerprint density at radius 1 is 1.25 bits per heavy atom. The molecule has 1 aliphatic heterocycles. The summed E-state index contributed by atoms with van der Waals surface area (Å²) in [5.41, 5.74) is 1.11. The van der Waals surface area contributed by atoms with Crippen molar-refractivity contribution in [2.75, 3.05) is 0 Å². The molecular weight excluding hydrogens is 204 g/mol. The van der Waals surface area contributed by atoms with E-state index in [9.17, 15) is 5.11 Å². The first-order valence-corrected chi connectivity index (χ1v) is 5.43. The minimum absolute atomic E-state index is 0.217. The van der Waals surface area contributed by atoms with Crippen LogP contribution >= 0.6 is 0 Å². The van der Waals surface area contributed by atoms with E-state index in [1.165, 1.54) is 0 Å². The molecule has 0 bridgehead atoms. The number of ether oxygens (including phenoxy) is 2. The highest BCUT2D eigenvalue weighted by molar-refractivity contribution is 5.13. The van der Waals surface area contributed by atoms with E-state index in [-0.39, 0.29) is 12.4 Å². The zero-order valence-electron chi connectivity index (χ0n) is 9.24. The summed E-state index contributed by atoms with van der Waals surface area (Å²) in [7, 11) is 0. The van der Waals surface area contributed by atoms with Gasteiger partial charge in [0.05, 0.1) is 18.8 Å². The van der Waals surface area contributed by atoms with E-state index in [1.807, 2.05) is 37.3 Å². The van der Waals surface area contributed by atoms with Crippen LogP contribution in [0.4, 0.5) is 0 Å². The Kier molecular flexibility index (Phi) is 3.72. The molecule has 2 rings (SSSR count). The summed E-state index contributed by atoms with van der Waals surface area (Å²) in [4.78, 5) is 0. The summed E-state index contributed by atoms with van der Waals surface area (Å²) in [6, 6.07) is 9.93. The normalized spacial score (nSPS) is 29.2. The summed E-state index contributed by atoms with van der Waals surface area (Å²) >= 11 is 0. The second-order valence-electron chi connectivity index (χ2n) is 3.88. The molecule has 0 unspecified atom stereocenters. The zero-order chi connectivity index (χ0) is 11.4. The van der Waals surface area contributed by atoms with Gasteiger partial charge in [-0.05, 0) is 18.6 Å². The molecule has 1 aliphatic rings. The molecule has 3 nitrogen and oxygen atoms in total. The molecular formula is C13H16O3. The van der Waals surface area contributed by atoms with Crippen molar-refractivity contribution in [1.29, 1.82) is 0 Å². The summed E-state index contributed by atoms with van der Waals surface area (Å²) < 4.78 is 11.0. The average molecular weight is 220 g/mol. The Bertz CT molecular complexity index is 347. The van der Waals surface area contributed by atoms with E-state index < -0.39 is 6.10 Å². The van der Waals surface area contributed by atoms with Crippen molar-refractivity contribution in [3.63, 3.8) is 0 Å². The Morgan fingerprint density at radius 2 is 2.00 bits per heavy atom. The predicted molar refractivity (Wildman–Crippen MR) is 60.7 cm³/mol. The van der Waals surface area contributed by atoms with Crippen LogP contribution in [-0.2, 0) is 16.1 Å². The molecule has 0 amide bonds. The van der Waals surface area contributed by atoms with Gasteiger partial charge in [0.1, 0.15) is 0 Å². The first-order chi connectivity index (χ1) is 7.75. The number of hydrogen-bond acceptors (Lipinski definition) is 3. The molecule has 86 valence electrons. The van der Waals surface area contributed by atoms with Crippen molar-refractivity contribution in [2.24, 2.45) is 0 Å². The molecule has 3 atom stereocenters. The lowest BCUT2D eigenvalue weighted by molar-refractivity contribution is -0.170. The predicted octanol–water partition coefficient (Wildman–Crippen LogP) is 1.87. The van der Waals surface area contributed by atoms with Crippen LogP contribution in [-0.4, -0.2) is 23.6 Å². The Balaban J connectivity index is 1.85. The molecule has 1 heterocycles. The van der Waals surface area contributed by atoms with E-state index >= 15 is 0 Å². The highest BCUT2D eigenvalue weighted by Crippen LogP contribution is 2.15. The lowest BCUT2D eigenvalue weighted by Gasteiger charge is -2.26. The zero-order valence-corrected chi connectivity index (χ0v) is 9.24. The van der Waals surface area contributed by atoms with Gasteiger partial charge in [0, 0.05) is 0 Å². The van der Waals surface area contributed by atoms with E-state index in [0.29, 0.717) is 6.61 Å². The quantitative estimate of drug-likeness (QED) is 0.790. The van der Waals surface area contributed by atoms with Gasteiger partial charge in [-0.2, -0.15) is 0 Å². The van der Waals surface area contributed by atoms with Crippen molar-refractivity contribution in [1.82, 2.24) is 0 Å². The number of hydrogen-bond donors (Lipinski definition) is 1. The maximum absolute atomic E-state index is 9.41. The first kappa shape index (κ1) is 11.3. The largest absolute Gasteiger partial charge is 0.386 e. The van der Waals surface area contributed by atoms with Crippen LogP contribution in [0.1, 0.15) is 12.5 Å². The van der Waals surface area contributed by atoms with E-state index in [1.54, 1.807) is 12.2 Å². The SMILES string of the molecule is C[C@H]1O[C@H](OCc2ccccc2)C=C[C@@H]1O. The summed E-state index contributed by atoms with van der Waals surface area (Å²) in [6.45, 7) is 2.34. The highest BCUT2D eigenvalue weighted by atomic mass is 16.7. The van der Waals surface area contributed by atoms with Crippen molar-refractivity contribution < 1.29 is 14.6 Å². The Morgan fingerprint density at radius 3 is 2.69 bits per heavy atom. The van der Waals surface area contributed by atoms with Gasteiger partial charge in [0.2, 0.25) is 0 Å². The van der Waals surface area contributed by atoms with E-state index in [0.717, 1.165) is 5.56 Å². The monoisotopic (exact) mass is 220 g/mol. The number of aliphatic hydroxyl groups is 1. The fraction of sp³-hybridized carbons (Fsp3) is 0.385. The van der Waals surface area contributed by atoms with Crippen molar-refractivity contribution in [3.8, 4) is 0 Å². The lowest BCUT2D eigenvalue weighted by atomic mass is 10.2. The van der Waals surface area contributed by atoms with Gasteiger partial charge in [-0.15, -0.1) is 0 Å². The van der Waals surface area contributed by atoms with Crippen molar-refractivity contribution >= 4 is 0 Å². The molecule has 1 N–H and O–H groups in total. The molecule has 1 aromatic carbocycles. The van der Waals surface area contributed by atoms with Crippen LogP contribution in [0.3, 0.4) is 0 Å².